The number of H-pyrrole nitrogens is 1. The first kappa shape index (κ1) is 19.7. The topological polar surface area (TPSA) is 137 Å². The highest BCUT2D eigenvalue weighted by Crippen LogP contribution is 2.45. The third-order valence-corrected chi connectivity index (χ3v) is 7.01. The van der Waals surface area contributed by atoms with Gasteiger partial charge in [0.05, 0.1) is 34.3 Å². The first-order valence-electron chi connectivity index (χ1n) is 11.0. The van der Waals surface area contributed by atoms with Crippen LogP contribution in [-0.4, -0.2) is 61.6 Å². The monoisotopic (exact) mass is 457 g/mol. The summed E-state index contributed by atoms with van der Waals surface area (Å²) in [6.45, 7) is -0.170. The van der Waals surface area contributed by atoms with Crippen LogP contribution in [0.4, 0.5) is 0 Å². The number of amides is 2. The van der Waals surface area contributed by atoms with Gasteiger partial charge in [0.1, 0.15) is 18.3 Å². The van der Waals surface area contributed by atoms with Crippen molar-refractivity contribution in [1.82, 2.24) is 14.9 Å². The van der Waals surface area contributed by atoms with E-state index in [1.54, 1.807) is 4.57 Å². The van der Waals surface area contributed by atoms with E-state index in [4.69, 9.17) is 4.74 Å². The van der Waals surface area contributed by atoms with E-state index in [2.05, 4.69) is 10.3 Å². The van der Waals surface area contributed by atoms with Crippen molar-refractivity contribution in [2.45, 2.75) is 24.5 Å². The summed E-state index contributed by atoms with van der Waals surface area (Å²) in [5.74, 6) is -0.943. The number of fused-ring (bicyclic) bond motifs is 10. The zero-order valence-electron chi connectivity index (χ0n) is 17.6. The molecule has 5 N–H and O–H groups in total. The van der Waals surface area contributed by atoms with E-state index < -0.39 is 36.4 Å². The number of carbonyl (C=O) groups excluding carboxylic acids is 2. The van der Waals surface area contributed by atoms with Crippen LogP contribution in [0.2, 0.25) is 0 Å². The molecule has 34 heavy (non-hydrogen) atoms. The van der Waals surface area contributed by atoms with Gasteiger partial charge in [-0.05, 0) is 12.1 Å². The molecular formula is C25H19N3O6. The molecule has 7 rings (SSSR count). The fraction of sp³-hybridized carbons (Fsp3) is 0.200. The van der Waals surface area contributed by atoms with Gasteiger partial charge < -0.3 is 29.6 Å². The number of hydrogen-bond acceptors (Lipinski definition) is 6. The maximum atomic E-state index is 13.1. The molecule has 1 fully saturated rings. The highest BCUT2D eigenvalue weighted by Gasteiger charge is 2.42. The largest absolute Gasteiger partial charge is 0.388 e. The number of carbonyl (C=O) groups is 2. The van der Waals surface area contributed by atoms with Gasteiger partial charge in [0.2, 0.25) is 0 Å². The van der Waals surface area contributed by atoms with E-state index in [1.165, 1.54) is 0 Å². The van der Waals surface area contributed by atoms with E-state index in [-0.39, 0.29) is 12.2 Å². The first-order chi connectivity index (χ1) is 16.5. The number of para-hydroxylation sites is 2. The fourth-order valence-electron chi connectivity index (χ4n) is 5.56. The van der Waals surface area contributed by atoms with Crippen LogP contribution in [0.5, 0.6) is 0 Å². The summed E-state index contributed by atoms with van der Waals surface area (Å²) in [6.07, 6.45) is -5.09. The molecule has 4 atom stereocenters. The lowest BCUT2D eigenvalue weighted by Gasteiger charge is -2.36. The van der Waals surface area contributed by atoms with Crippen LogP contribution in [0.25, 0.3) is 43.6 Å². The number of aromatic amines is 1. The quantitative estimate of drug-likeness (QED) is 0.244. The number of nitrogens with zero attached hydrogens (tertiary/aromatic N) is 1. The second-order valence-electron chi connectivity index (χ2n) is 8.84. The van der Waals surface area contributed by atoms with Crippen molar-refractivity contribution in [1.29, 1.82) is 0 Å². The van der Waals surface area contributed by atoms with E-state index in [0.717, 1.165) is 10.9 Å². The average Bonchev–Trinajstić information content (AvgIpc) is 3.47. The number of rotatable bonds is 1. The summed E-state index contributed by atoms with van der Waals surface area (Å²) in [4.78, 5) is 29.4. The molecule has 2 aromatic heterocycles. The van der Waals surface area contributed by atoms with Crippen LogP contribution in [0.1, 0.15) is 26.9 Å². The van der Waals surface area contributed by atoms with Crippen molar-refractivity contribution in [3.8, 4) is 0 Å². The SMILES string of the molecule is O=C1NC(=O)c2c1c1c3ccccc3[nH]c1c1c2c2ccccc2n1[C@@H]1OC[C@@H](O)[C@H](O)[C@H]1O. The maximum absolute atomic E-state index is 13.1. The Morgan fingerprint density at radius 2 is 1.53 bits per heavy atom. The third kappa shape index (κ3) is 2.31. The number of aliphatic hydroxyl groups excluding tert-OH is 3. The number of benzene rings is 3. The minimum absolute atomic E-state index is 0.170. The predicted octanol–water partition coefficient (Wildman–Crippen LogP) is 1.92. The molecular weight excluding hydrogens is 438 g/mol. The van der Waals surface area contributed by atoms with Gasteiger partial charge in [-0.3, -0.25) is 14.9 Å². The van der Waals surface area contributed by atoms with Gasteiger partial charge in [-0.2, -0.15) is 0 Å². The maximum Gasteiger partial charge on any atom is 0.259 e. The van der Waals surface area contributed by atoms with Gasteiger partial charge in [-0.25, -0.2) is 0 Å². The molecule has 9 nitrogen and oxygen atoms in total. The summed E-state index contributed by atoms with van der Waals surface area (Å²) < 4.78 is 7.59. The molecule has 0 radical (unpaired) electrons. The second-order valence-corrected chi connectivity index (χ2v) is 8.84. The number of ether oxygens (including phenoxy) is 1. The van der Waals surface area contributed by atoms with Crippen LogP contribution in [0.15, 0.2) is 48.5 Å². The third-order valence-electron chi connectivity index (χ3n) is 7.01. The van der Waals surface area contributed by atoms with Crippen molar-refractivity contribution in [2.24, 2.45) is 0 Å². The molecule has 3 aromatic carbocycles. The molecule has 0 bridgehead atoms. The Kier molecular flexibility index (Phi) is 3.85. The fourth-order valence-corrected chi connectivity index (χ4v) is 5.56. The van der Waals surface area contributed by atoms with Crippen LogP contribution in [0, 0.1) is 0 Å². The number of imide groups is 1. The van der Waals surface area contributed by atoms with Gasteiger partial charge in [-0.15, -0.1) is 0 Å². The van der Waals surface area contributed by atoms with Crippen molar-refractivity contribution in [2.75, 3.05) is 6.61 Å². The Hall–Kier alpha value is -3.76. The number of aromatic nitrogens is 2. The summed E-state index contributed by atoms with van der Waals surface area (Å²) in [5, 5.41) is 36.4. The summed E-state index contributed by atoms with van der Waals surface area (Å²) in [7, 11) is 0. The van der Waals surface area contributed by atoms with Gasteiger partial charge in [0, 0.05) is 27.1 Å². The van der Waals surface area contributed by atoms with E-state index in [1.807, 2.05) is 48.5 Å². The Morgan fingerprint density at radius 3 is 2.32 bits per heavy atom. The van der Waals surface area contributed by atoms with E-state index in [9.17, 15) is 24.9 Å². The summed E-state index contributed by atoms with van der Waals surface area (Å²) >= 11 is 0. The highest BCUT2D eigenvalue weighted by atomic mass is 16.5. The molecule has 2 aliphatic rings. The molecule has 2 amide bonds. The van der Waals surface area contributed by atoms with Crippen LogP contribution < -0.4 is 5.32 Å². The van der Waals surface area contributed by atoms with Gasteiger partial charge in [0.15, 0.2) is 6.23 Å². The van der Waals surface area contributed by atoms with Crippen molar-refractivity contribution < 1.29 is 29.6 Å². The Balaban J connectivity index is 1.73. The first-order valence-corrected chi connectivity index (χ1v) is 11.0. The van der Waals surface area contributed by atoms with Gasteiger partial charge in [-0.1, -0.05) is 36.4 Å². The zero-order valence-corrected chi connectivity index (χ0v) is 17.6. The standard InChI is InChI=1S/C25H19N3O6/c29-14-9-34-25(22(31)21(14)30)28-13-8-4-2-6-11(13)16-18-17(23(32)27-24(18)33)15-10-5-1-3-7-12(10)26-19(15)20(16)28/h1-8,14,21-22,25-26,29-31H,9H2,(H,27,32,33)/t14-,21+,22-,25-/m1/s1. The predicted molar refractivity (Wildman–Crippen MR) is 124 cm³/mol. The average molecular weight is 457 g/mol. The number of nitrogens with one attached hydrogen (secondary N) is 2. The number of aliphatic hydroxyl groups is 3. The van der Waals surface area contributed by atoms with Crippen LogP contribution in [0.3, 0.4) is 0 Å². The van der Waals surface area contributed by atoms with Gasteiger partial charge in [0.25, 0.3) is 11.8 Å². The minimum Gasteiger partial charge on any atom is -0.388 e. The van der Waals surface area contributed by atoms with Crippen molar-refractivity contribution >= 4 is 55.4 Å². The molecule has 0 spiro atoms. The molecule has 0 unspecified atom stereocenters. The van der Waals surface area contributed by atoms with Crippen LogP contribution >= 0.6 is 0 Å². The molecule has 0 aliphatic carbocycles. The lowest BCUT2D eigenvalue weighted by atomic mass is 9.96. The molecule has 9 heteroatoms. The van der Waals surface area contributed by atoms with Crippen molar-refractivity contribution in [3.63, 3.8) is 0 Å². The molecule has 0 saturated carbocycles. The summed E-state index contributed by atoms with van der Waals surface area (Å²) in [6, 6.07) is 14.9. The Morgan fingerprint density at radius 1 is 0.853 bits per heavy atom. The summed E-state index contributed by atoms with van der Waals surface area (Å²) in [5.41, 5.74) is 3.23. The van der Waals surface area contributed by atoms with Crippen LogP contribution in [-0.2, 0) is 4.74 Å². The van der Waals surface area contributed by atoms with E-state index in [0.29, 0.717) is 38.3 Å². The molecule has 2 aliphatic heterocycles. The second kappa shape index (κ2) is 6.64. The zero-order chi connectivity index (χ0) is 23.3. The smallest absolute Gasteiger partial charge is 0.259 e. The highest BCUT2D eigenvalue weighted by molar-refractivity contribution is 6.39. The Bertz CT molecular complexity index is 1700. The minimum atomic E-state index is -1.43. The molecule has 5 aromatic rings. The van der Waals surface area contributed by atoms with Crippen molar-refractivity contribution in [3.05, 3.63) is 59.7 Å². The molecule has 170 valence electrons. The lowest BCUT2D eigenvalue weighted by molar-refractivity contribution is -0.208. The normalized spacial score (nSPS) is 25.0. The van der Waals surface area contributed by atoms with Gasteiger partial charge >= 0.3 is 0 Å². The molecule has 4 heterocycles. The number of hydrogen-bond donors (Lipinski definition) is 5. The molecule has 1 saturated heterocycles. The van der Waals surface area contributed by atoms with E-state index >= 15 is 0 Å². The lowest BCUT2D eigenvalue weighted by Crippen LogP contribution is -2.50. The Labute approximate surface area is 191 Å².